The van der Waals surface area contributed by atoms with E-state index in [0.717, 1.165) is 30.5 Å². The minimum Gasteiger partial charge on any atom is -0.492 e. The predicted molar refractivity (Wildman–Crippen MR) is 86.5 cm³/mol. The zero-order valence-corrected chi connectivity index (χ0v) is 15.1. The molecule has 1 aliphatic rings. The van der Waals surface area contributed by atoms with Crippen LogP contribution in [0.4, 0.5) is 0 Å². The molecular formula is C13H7Br3O2S. The number of carbonyl (C=O) groups excluding carboxylic acids is 1. The van der Waals surface area contributed by atoms with Gasteiger partial charge in [-0.05, 0) is 55.6 Å². The van der Waals surface area contributed by atoms with E-state index in [-0.39, 0.29) is 5.78 Å². The molecule has 0 fully saturated rings. The third-order valence-corrected chi connectivity index (χ3v) is 6.57. The lowest BCUT2D eigenvalue weighted by molar-refractivity contribution is 0.103. The summed E-state index contributed by atoms with van der Waals surface area (Å²) in [6, 6.07) is 5.67. The maximum absolute atomic E-state index is 12.6. The second-order valence-electron chi connectivity index (χ2n) is 4.10. The molecular weight excluding hydrogens is 460 g/mol. The Labute approximate surface area is 139 Å². The molecule has 19 heavy (non-hydrogen) atoms. The Bertz CT molecular complexity index is 659. The number of thiophene rings is 1. The summed E-state index contributed by atoms with van der Waals surface area (Å²) in [5.74, 6) is 0.727. The smallest absolute Gasteiger partial charge is 0.206 e. The van der Waals surface area contributed by atoms with Crippen LogP contribution in [0.1, 0.15) is 20.8 Å². The van der Waals surface area contributed by atoms with E-state index in [0.29, 0.717) is 17.0 Å². The zero-order valence-electron chi connectivity index (χ0n) is 9.50. The van der Waals surface area contributed by atoms with Gasteiger partial charge < -0.3 is 4.74 Å². The van der Waals surface area contributed by atoms with Crippen molar-refractivity contribution in [1.82, 2.24) is 0 Å². The molecule has 0 radical (unpaired) electrons. The number of carbonyl (C=O) groups is 1. The Balaban J connectivity index is 2.09. The third-order valence-electron chi connectivity index (χ3n) is 2.86. The number of rotatable bonds is 2. The Hall–Kier alpha value is -0.170. The molecule has 98 valence electrons. The average Bonchev–Trinajstić information content (AvgIpc) is 2.95. The summed E-state index contributed by atoms with van der Waals surface area (Å²) in [5, 5.41) is 0. The minimum atomic E-state index is -0.00384. The summed E-state index contributed by atoms with van der Waals surface area (Å²) >= 11 is 11.7. The normalized spacial score (nSPS) is 13.2. The second kappa shape index (κ2) is 5.31. The van der Waals surface area contributed by atoms with Gasteiger partial charge in [-0.1, -0.05) is 15.9 Å². The van der Waals surface area contributed by atoms with Gasteiger partial charge in [-0.15, -0.1) is 11.3 Å². The summed E-state index contributed by atoms with van der Waals surface area (Å²) in [4.78, 5) is 13.3. The molecule has 2 nitrogen and oxygen atoms in total. The van der Waals surface area contributed by atoms with E-state index in [1.54, 1.807) is 0 Å². The molecule has 1 aliphatic heterocycles. The number of ether oxygens (including phenoxy) is 1. The van der Waals surface area contributed by atoms with Gasteiger partial charge in [0.2, 0.25) is 5.78 Å². The van der Waals surface area contributed by atoms with Crippen LogP contribution in [0.15, 0.2) is 30.9 Å². The number of benzene rings is 1. The van der Waals surface area contributed by atoms with E-state index < -0.39 is 0 Å². The van der Waals surface area contributed by atoms with Gasteiger partial charge in [0.15, 0.2) is 0 Å². The molecule has 0 bridgehead atoms. The van der Waals surface area contributed by atoms with Crippen LogP contribution in [0.25, 0.3) is 0 Å². The van der Waals surface area contributed by atoms with Gasteiger partial charge in [-0.3, -0.25) is 4.79 Å². The van der Waals surface area contributed by atoms with Crippen LogP contribution in [-0.2, 0) is 6.42 Å². The molecule has 1 aromatic carbocycles. The number of ketones is 1. The van der Waals surface area contributed by atoms with Crippen molar-refractivity contribution in [3.05, 3.63) is 46.9 Å². The van der Waals surface area contributed by atoms with Gasteiger partial charge in [0.1, 0.15) is 5.75 Å². The molecule has 0 amide bonds. The van der Waals surface area contributed by atoms with Crippen molar-refractivity contribution in [1.29, 1.82) is 0 Å². The van der Waals surface area contributed by atoms with Gasteiger partial charge in [-0.25, -0.2) is 0 Å². The molecule has 6 heteroatoms. The van der Waals surface area contributed by atoms with Crippen LogP contribution < -0.4 is 4.74 Å². The van der Waals surface area contributed by atoms with E-state index in [1.807, 2.05) is 18.2 Å². The van der Waals surface area contributed by atoms with Gasteiger partial charge in [0.25, 0.3) is 0 Å². The quantitative estimate of drug-likeness (QED) is 0.568. The summed E-state index contributed by atoms with van der Waals surface area (Å²) in [7, 11) is 0. The highest BCUT2D eigenvalue weighted by atomic mass is 79.9. The minimum absolute atomic E-state index is 0.00384. The summed E-state index contributed by atoms with van der Waals surface area (Å²) in [6.45, 7) is 0.643. The average molecular weight is 467 g/mol. The largest absolute Gasteiger partial charge is 0.492 e. The first-order chi connectivity index (χ1) is 9.06. The van der Waals surface area contributed by atoms with Crippen molar-refractivity contribution in [2.45, 2.75) is 6.42 Å². The fraction of sp³-hybridized carbons (Fsp3) is 0.154. The van der Waals surface area contributed by atoms with Crippen LogP contribution >= 0.6 is 59.1 Å². The SMILES string of the molecule is O=C(c1cc(Br)c(Br)s1)c1cc(Br)cc2c1OCC2. The lowest BCUT2D eigenvalue weighted by Gasteiger charge is -2.07. The molecule has 0 aliphatic carbocycles. The highest BCUT2D eigenvalue weighted by Gasteiger charge is 2.24. The monoisotopic (exact) mass is 464 g/mol. The first kappa shape index (κ1) is 13.8. The predicted octanol–water partition coefficient (Wildman–Crippen LogP) is 5.20. The van der Waals surface area contributed by atoms with Crippen LogP contribution in [-0.4, -0.2) is 12.4 Å². The highest BCUT2D eigenvalue weighted by Crippen LogP contribution is 2.38. The molecule has 0 spiro atoms. The first-order valence-electron chi connectivity index (χ1n) is 5.51. The Kier molecular flexibility index (Phi) is 3.86. The van der Waals surface area contributed by atoms with Crippen molar-refractivity contribution in [3.8, 4) is 5.75 Å². The van der Waals surface area contributed by atoms with Crippen molar-refractivity contribution in [3.63, 3.8) is 0 Å². The Morgan fingerprint density at radius 2 is 2.00 bits per heavy atom. The van der Waals surface area contributed by atoms with E-state index in [2.05, 4.69) is 47.8 Å². The van der Waals surface area contributed by atoms with Crippen LogP contribution in [0.5, 0.6) is 5.75 Å². The Morgan fingerprint density at radius 1 is 1.21 bits per heavy atom. The van der Waals surface area contributed by atoms with Crippen molar-refractivity contribution in [2.75, 3.05) is 6.61 Å². The molecule has 1 aromatic heterocycles. The van der Waals surface area contributed by atoms with Crippen LogP contribution in [0.3, 0.4) is 0 Å². The summed E-state index contributed by atoms with van der Waals surface area (Å²) in [5.41, 5.74) is 1.72. The van der Waals surface area contributed by atoms with Crippen LogP contribution in [0, 0.1) is 0 Å². The van der Waals surface area contributed by atoms with Gasteiger partial charge in [0.05, 0.1) is 20.8 Å². The van der Waals surface area contributed by atoms with E-state index in [1.165, 1.54) is 11.3 Å². The molecule has 2 heterocycles. The number of halogens is 3. The standard InChI is InChI=1S/C13H7Br3O2S/c14-7-3-6-1-2-18-12(6)8(4-7)11(17)10-5-9(15)13(16)19-10/h3-5H,1-2H2. The lowest BCUT2D eigenvalue weighted by Crippen LogP contribution is -2.02. The van der Waals surface area contributed by atoms with Crippen molar-refractivity contribution < 1.29 is 9.53 Å². The fourth-order valence-corrected chi connectivity index (χ4v) is 4.52. The van der Waals surface area contributed by atoms with Crippen LogP contribution in [0.2, 0.25) is 0 Å². The van der Waals surface area contributed by atoms with E-state index >= 15 is 0 Å². The third kappa shape index (κ3) is 2.55. The topological polar surface area (TPSA) is 26.3 Å². The van der Waals surface area contributed by atoms with Gasteiger partial charge >= 0.3 is 0 Å². The molecule has 0 atom stereocenters. The van der Waals surface area contributed by atoms with Gasteiger partial charge in [-0.2, -0.15) is 0 Å². The fourth-order valence-electron chi connectivity index (χ4n) is 2.03. The van der Waals surface area contributed by atoms with E-state index in [9.17, 15) is 4.79 Å². The second-order valence-corrected chi connectivity index (χ2v) is 8.24. The molecule has 0 saturated carbocycles. The first-order valence-corrected chi connectivity index (χ1v) is 8.70. The molecule has 0 unspecified atom stereocenters. The zero-order chi connectivity index (χ0) is 13.6. The summed E-state index contributed by atoms with van der Waals surface area (Å²) in [6.07, 6.45) is 0.854. The number of hydrogen-bond acceptors (Lipinski definition) is 3. The molecule has 0 N–H and O–H groups in total. The molecule has 0 saturated heterocycles. The molecule has 2 aromatic rings. The molecule has 3 rings (SSSR count). The summed E-state index contributed by atoms with van der Waals surface area (Å²) < 4.78 is 8.33. The highest BCUT2D eigenvalue weighted by molar-refractivity contribution is 9.13. The Morgan fingerprint density at radius 3 is 2.68 bits per heavy atom. The van der Waals surface area contributed by atoms with Crippen molar-refractivity contribution in [2.24, 2.45) is 0 Å². The van der Waals surface area contributed by atoms with E-state index in [4.69, 9.17) is 4.74 Å². The number of hydrogen-bond donors (Lipinski definition) is 0. The van der Waals surface area contributed by atoms with Gasteiger partial charge in [0, 0.05) is 15.4 Å². The van der Waals surface area contributed by atoms with Crippen molar-refractivity contribution >= 4 is 64.9 Å². The number of fused-ring (bicyclic) bond motifs is 1. The maximum Gasteiger partial charge on any atom is 0.206 e. The lowest BCUT2D eigenvalue weighted by atomic mass is 10.0. The maximum atomic E-state index is 12.6.